The number of piperidine rings is 1. The molecule has 0 aliphatic carbocycles. The third kappa shape index (κ3) is 5.04. The molecule has 0 atom stereocenters. The molecule has 0 bridgehead atoms. The smallest absolute Gasteiger partial charge is 0.261 e. The second kappa shape index (κ2) is 9.59. The van der Waals surface area contributed by atoms with Crippen molar-refractivity contribution < 1.29 is 19.1 Å². The Labute approximate surface area is 169 Å². The Morgan fingerprint density at radius 1 is 1.14 bits per heavy atom. The molecule has 0 saturated carbocycles. The lowest BCUT2D eigenvalue weighted by molar-refractivity contribution is -0.132. The zero-order valence-electron chi connectivity index (χ0n) is 16.3. The predicted molar refractivity (Wildman–Crippen MR) is 109 cm³/mol. The van der Waals surface area contributed by atoms with Gasteiger partial charge in [-0.05, 0) is 48.4 Å². The van der Waals surface area contributed by atoms with Gasteiger partial charge >= 0.3 is 0 Å². The number of carbonyl (C=O) groups is 2. The van der Waals surface area contributed by atoms with Crippen molar-refractivity contribution in [3.05, 3.63) is 46.2 Å². The second-order valence-electron chi connectivity index (χ2n) is 6.80. The van der Waals surface area contributed by atoms with Gasteiger partial charge in [-0.3, -0.25) is 9.59 Å². The first-order valence-corrected chi connectivity index (χ1v) is 10.3. The highest BCUT2D eigenvalue weighted by Crippen LogP contribution is 2.28. The number of hydrogen-bond acceptors (Lipinski definition) is 5. The van der Waals surface area contributed by atoms with E-state index >= 15 is 0 Å². The number of nitrogens with zero attached hydrogens (tertiary/aromatic N) is 1. The van der Waals surface area contributed by atoms with Crippen LogP contribution in [0.2, 0.25) is 0 Å². The number of amides is 2. The van der Waals surface area contributed by atoms with E-state index in [4.69, 9.17) is 9.47 Å². The van der Waals surface area contributed by atoms with E-state index in [0.29, 0.717) is 37.4 Å². The van der Waals surface area contributed by atoms with Gasteiger partial charge in [0.25, 0.3) is 5.91 Å². The predicted octanol–water partition coefficient (Wildman–Crippen LogP) is 3.12. The Balaban J connectivity index is 1.44. The highest BCUT2D eigenvalue weighted by atomic mass is 32.1. The van der Waals surface area contributed by atoms with Crippen LogP contribution in [0.25, 0.3) is 0 Å². The number of thiophene rings is 1. The molecule has 1 N–H and O–H groups in total. The van der Waals surface area contributed by atoms with Crippen molar-refractivity contribution >= 4 is 23.2 Å². The summed E-state index contributed by atoms with van der Waals surface area (Å²) in [6, 6.07) is 9.57. The van der Waals surface area contributed by atoms with Crippen LogP contribution in [0.1, 0.15) is 34.5 Å². The molecule has 1 saturated heterocycles. The number of carbonyl (C=O) groups excluding carboxylic acids is 2. The van der Waals surface area contributed by atoms with Gasteiger partial charge in [-0.15, -0.1) is 11.3 Å². The maximum absolute atomic E-state index is 12.5. The number of aryl methyl sites for hydroxylation is 1. The van der Waals surface area contributed by atoms with Gasteiger partial charge < -0.3 is 19.7 Å². The molecule has 1 fully saturated rings. The summed E-state index contributed by atoms with van der Waals surface area (Å²) in [7, 11) is 3.21. The molecular weight excluding hydrogens is 376 g/mol. The summed E-state index contributed by atoms with van der Waals surface area (Å²) in [4.78, 5) is 27.3. The standard InChI is InChI=1S/C21H26N2O4S/c1-26-17-7-5-15(14-18(17)27-2)6-8-20(24)23-11-9-16(10-12-23)22-21(25)19-4-3-13-28-19/h3-5,7,13-14,16H,6,8-12H2,1-2H3,(H,22,25). The number of nitrogens with one attached hydrogen (secondary N) is 1. The number of hydrogen-bond donors (Lipinski definition) is 1. The van der Waals surface area contributed by atoms with Gasteiger partial charge in [0.2, 0.25) is 5.91 Å². The second-order valence-corrected chi connectivity index (χ2v) is 7.74. The number of benzene rings is 1. The fourth-order valence-electron chi connectivity index (χ4n) is 3.38. The Hall–Kier alpha value is -2.54. The molecule has 3 rings (SSSR count). The number of methoxy groups -OCH3 is 2. The van der Waals surface area contributed by atoms with Crippen molar-refractivity contribution in [2.24, 2.45) is 0 Å². The summed E-state index contributed by atoms with van der Waals surface area (Å²) < 4.78 is 10.6. The van der Waals surface area contributed by atoms with E-state index in [1.54, 1.807) is 14.2 Å². The highest BCUT2D eigenvalue weighted by molar-refractivity contribution is 7.12. The normalized spacial score (nSPS) is 14.6. The van der Waals surface area contributed by atoms with E-state index in [1.807, 2.05) is 40.6 Å². The molecule has 1 aliphatic heterocycles. The van der Waals surface area contributed by atoms with Crippen molar-refractivity contribution in [3.63, 3.8) is 0 Å². The average Bonchev–Trinajstić information content (AvgIpc) is 3.27. The Kier molecular flexibility index (Phi) is 6.92. The summed E-state index contributed by atoms with van der Waals surface area (Å²) >= 11 is 1.44. The molecule has 28 heavy (non-hydrogen) atoms. The molecular formula is C21H26N2O4S. The maximum Gasteiger partial charge on any atom is 0.261 e. The van der Waals surface area contributed by atoms with E-state index in [9.17, 15) is 9.59 Å². The van der Waals surface area contributed by atoms with Crippen LogP contribution in [0, 0.1) is 0 Å². The van der Waals surface area contributed by atoms with Crippen LogP contribution in [0.5, 0.6) is 11.5 Å². The first kappa shape index (κ1) is 20.2. The molecule has 0 radical (unpaired) electrons. The Morgan fingerprint density at radius 2 is 1.89 bits per heavy atom. The first-order chi connectivity index (χ1) is 13.6. The first-order valence-electron chi connectivity index (χ1n) is 9.43. The number of rotatable bonds is 7. The lowest BCUT2D eigenvalue weighted by Crippen LogP contribution is -2.46. The van der Waals surface area contributed by atoms with E-state index in [-0.39, 0.29) is 17.9 Å². The lowest BCUT2D eigenvalue weighted by atomic mass is 10.0. The van der Waals surface area contributed by atoms with Crippen LogP contribution < -0.4 is 14.8 Å². The fraction of sp³-hybridized carbons (Fsp3) is 0.429. The molecule has 150 valence electrons. The third-order valence-corrected chi connectivity index (χ3v) is 5.87. The molecule has 1 aromatic heterocycles. The zero-order chi connectivity index (χ0) is 19.9. The topological polar surface area (TPSA) is 67.9 Å². The fourth-order valence-corrected chi connectivity index (χ4v) is 4.01. The Bertz CT molecular complexity index is 799. The highest BCUT2D eigenvalue weighted by Gasteiger charge is 2.24. The molecule has 1 aliphatic rings. The molecule has 2 aromatic rings. The van der Waals surface area contributed by atoms with Crippen molar-refractivity contribution in [1.82, 2.24) is 10.2 Å². The zero-order valence-corrected chi connectivity index (χ0v) is 17.1. The largest absolute Gasteiger partial charge is 0.493 e. The van der Waals surface area contributed by atoms with Crippen molar-refractivity contribution in [1.29, 1.82) is 0 Å². The van der Waals surface area contributed by atoms with Gasteiger partial charge in [0, 0.05) is 25.6 Å². The molecule has 7 heteroatoms. The minimum absolute atomic E-state index is 0.0202. The molecule has 2 amide bonds. The van der Waals surface area contributed by atoms with E-state index in [0.717, 1.165) is 23.3 Å². The summed E-state index contributed by atoms with van der Waals surface area (Å²) in [5.41, 5.74) is 1.05. The van der Waals surface area contributed by atoms with Crippen LogP contribution >= 0.6 is 11.3 Å². The quantitative estimate of drug-likeness (QED) is 0.773. The minimum Gasteiger partial charge on any atom is -0.493 e. The van der Waals surface area contributed by atoms with Crippen LogP contribution in [0.4, 0.5) is 0 Å². The summed E-state index contributed by atoms with van der Waals surface area (Å²) in [6.45, 7) is 1.36. The lowest BCUT2D eigenvalue weighted by Gasteiger charge is -2.32. The number of ether oxygens (including phenoxy) is 2. The summed E-state index contributed by atoms with van der Waals surface area (Å²) in [6.07, 6.45) is 2.70. The molecule has 0 spiro atoms. The van der Waals surface area contributed by atoms with Gasteiger partial charge in [0.05, 0.1) is 19.1 Å². The molecule has 1 aromatic carbocycles. The van der Waals surface area contributed by atoms with Gasteiger partial charge in [-0.25, -0.2) is 0 Å². The van der Waals surface area contributed by atoms with Crippen LogP contribution in [0.3, 0.4) is 0 Å². The van der Waals surface area contributed by atoms with Gasteiger partial charge in [0.15, 0.2) is 11.5 Å². The summed E-state index contributed by atoms with van der Waals surface area (Å²) in [5, 5.41) is 4.97. The van der Waals surface area contributed by atoms with Crippen molar-refractivity contribution in [2.45, 2.75) is 31.7 Å². The van der Waals surface area contributed by atoms with Crippen molar-refractivity contribution in [3.8, 4) is 11.5 Å². The SMILES string of the molecule is COc1ccc(CCC(=O)N2CCC(NC(=O)c3cccs3)CC2)cc1OC. The Morgan fingerprint density at radius 3 is 2.54 bits per heavy atom. The molecule has 6 nitrogen and oxygen atoms in total. The van der Waals surface area contributed by atoms with Gasteiger partial charge in [0.1, 0.15) is 0 Å². The van der Waals surface area contributed by atoms with Crippen molar-refractivity contribution in [2.75, 3.05) is 27.3 Å². The van der Waals surface area contributed by atoms with E-state index in [1.165, 1.54) is 11.3 Å². The molecule has 0 unspecified atom stereocenters. The van der Waals surface area contributed by atoms with E-state index < -0.39 is 0 Å². The average molecular weight is 403 g/mol. The van der Waals surface area contributed by atoms with Crippen LogP contribution in [-0.4, -0.2) is 50.1 Å². The van der Waals surface area contributed by atoms with E-state index in [2.05, 4.69) is 5.32 Å². The van der Waals surface area contributed by atoms with Crippen LogP contribution in [0.15, 0.2) is 35.7 Å². The summed E-state index contributed by atoms with van der Waals surface area (Å²) in [5.74, 6) is 1.49. The molecule has 2 heterocycles. The number of likely N-dealkylation sites (tertiary alicyclic amines) is 1. The monoisotopic (exact) mass is 402 g/mol. The van der Waals surface area contributed by atoms with Gasteiger partial charge in [-0.1, -0.05) is 12.1 Å². The maximum atomic E-state index is 12.5. The third-order valence-electron chi connectivity index (χ3n) is 5.00. The van der Waals surface area contributed by atoms with Gasteiger partial charge in [-0.2, -0.15) is 0 Å². The van der Waals surface area contributed by atoms with Crippen LogP contribution in [-0.2, 0) is 11.2 Å². The minimum atomic E-state index is -0.0202.